The molecular weight excluding hydrogens is 343 g/mol. The van der Waals surface area contributed by atoms with Crippen molar-refractivity contribution in [3.05, 3.63) is 51.5 Å². The molecule has 1 heterocycles. The molecule has 3 nitrogen and oxygen atoms in total. The van der Waals surface area contributed by atoms with Crippen molar-refractivity contribution in [3.8, 4) is 11.5 Å². The van der Waals surface area contributed by atoms with Gasteiger partial charge >= 0.3 is 0 Å². The summed E-state index contributed by atoms with van der Waals surface area (Å²) < 4.78 is 19.7. The van der Waals surface area contributed by atoms with Crippen molar-refractivity contribution in [2.24, 2.45) is 5.73 Å². The lowest BCUT2D eigenvalue weighted by Crippen LogP contribution is -2.14. The van der Waals surface area contributed by atoms with Gasteiger partial charge in [-0.25, -0.2) is 4.39 Å². The molecule has 0 fully saturated rings. The van der Waals surface area contributed by atoms with Gasteiger partial charge in [0.25, 0.3) is 0 Å². The van der Waals surface area contributed by atoms with E-state index in [1.54, 1.807) is 19.1 Å². The number of aromatic nitrogens is 1. The number of nitrogens with zero attached hydrogens (tertiary/aromatic N) is 1. The molecule has 0 amide bonds. The third kappa shape index (κ3) is 3.32. The van der Waals surface area contributed by atoms with Gasteiger partial charge in [0.1, 0.15) is 22.3 Å². The Morgan fingerprint density at radius 1 is 1.30 bits per heavy atom. The Morgan fingerprint density at radius 3 is 2.60 bits per heavy atom. The van der Waals surface area contributed by atoms with E-state index in [4.69, 9.17) is 22.7 Å². The van der Waals surface area contributed by atoms with Gasteiger partial charge in [0.2, 0.25) is 0 Å². The molecule has 104 valence electrons. The molecule has 0 radical (unpaired) electrons. The molecule has 0 aliphatic heterocycles. The molecule has 0 unspecified atom stereocenters. The quantitative estimate of drug-likeness (QED) is 0.845. The minimum atomic E-state index is -0.395. The van der Waals surface area contributed by atoms with E-state index in [2.05, 4.69) is 20.9 Å². The number of benzene rings is 1. The van der Waals surface area contributed by atoms with Gasteiger partial charge in [0.05, 0.1) is 11.3 Å². The first-order chi connectivity index (χ1) is 9.36. The highest BCUT2D eigenvalue weighted by Crippen LogP contribution is 2.30. The molecule has 20 heavy (non-hydrogen) atoms. The lowest BCUT2D eigenvalue weighted by molar-refractivity contribution is 0.473. The average molecular weight is 355 g/mol. The van der Waals surface area contributed by atoms with E-state index >= 15 is 0 Å². The summed E-state index contributed by atoms with van der Waals surface area (Å²) in [6.45, 7) is 3.64. The summed E-state index contributed by atoms with van der Waals surface area (Å²) in [7, 11) is 0. The SMILES string of the molecule is Cc1cc(Oc2cc(F)cc(Br)c2)c(C(N)=S)c(C)n1. The van der Waals surface area contributed by atoms with Gasteiger partial charge in [-0.05, 0) is 26.0 Å². The van der Waals surface area contributed by atoms with Gasteiger partial charge in [0.15, 0.2) is 0 Å². The third-order valence-corrected chi connectivity index (χ3v) is 3.26. The van der Waals surface area contributed by atoms with Crippen LogP contribution in [-0.2, 0) is 0 Å². The number of rotatable bonds is 3. The monoisotopic (exact) mass is 354 g/mol. The van der Waals surface area contributed by atoms with Gasteiger partial charge in [-0.15, -0.1) is 0 Å². The van der Waals surface area contributed by atoms with Crippen molar-refractivity contribution in [3.63, 3.8) is 0 Å². The molecule has 2 rings (SSSR count). The second-order valence-electron chi connectivity index (χ2n) is 4.29. The van der Waals surface area contributed by atoms with E-state index in [1.165, 1.54) is 12.1 Å². The Morgan fingerprint density at radius 2 is 2.00 bits per heavy atom. The largest absolute Gasteiger partial charge is 0.456 e. The van der Waals surface area contributed by atoms with Crippen molar-refractivity contribution in [2.45, 2.75) is 13.8 Å². The molecule has 0 spiro atoms. The number of hydrogen-bond donors (Lipinski definition) is 1. The van der Waals surface area contributed by atoms with Crippen molar-refractivity contribution >= 4 is 33.1 Å². The number of pyridine rings is 1. The van der Waals surface area contributed by atoms with Crippen LogP contribution in [0.15, 0.2) is 28.7 Å². The minimum Gasteiger partial charge on any atom is -0.456 e. The fourth-order valence-corrected chi connectivity index (χ4v) is 2.58. The van der Waals surface area contributed by atoms with Crippen molar-refractivity contribution in [1.82, 2.24) is 4.98 Å². The predicted molar refractivity (Wildman–Crippen MR) is 83.8 cm³/mol. The Bertz CT molecular complexity index is 671. The van der Waals surface area contributed by atoms with E-state index < -0.39 is 5.82 Å². The number of halogens is 2. The molecule has 0 bridgehead atoms. The maximum absolute atomic E-state index is 13.4. The number of hydrogen-bond acceptors (Lipinski definition) is 3. The summed E-state index contributed by atoms with van der Waals surface area (Å²) in [5, 5.41) is 0. The van der Waals surface area contributed by atoms with E-state index in [9.17, 15) is 4.39 Å². The number of ether oxygens (including phenoxy) is 1. The smallest absolute Gasteiger partial charge is 0.141 e. The fourth-order valence-electron chi connectivity index (χ4n) is 1.89. The van der Waals surface area contributed by atoms with E-state index in [0.717, 1.165) is 5.69 Å². The molecule has 6 heteroatoms. The van der Waals surface area contributed by atoms with Crippen LogP contribution in [0, 0.1) is 19.7 Å². The molecule has 0 saturated heterocycles. The second kappa shape index (κ2) is 5.85. The topological polar surface area (TPSA) is 48.1 Å². The fraction of sp³-hybridized carbons (Fsp3) is 0.143. The highest BCUT2D eigenvalue weighted by Gasteiger charge is 2.14. The van der Waals surface area contributed by atoms with Crippen molar-refractivity contribution in [1.29, 1.82) is 0 Å². The maximum Gasteiger partial charge on any atom is 0.141 e. The molecule has 0 aliphatic rings. The normalized spacial score (nSPS) is 10.4. The van der Waals surface area contributed by atoms with Gasteiger partial charge in [-0.3, -0.25) is 4.98 Å². The molecular formula is C14H12BrFN2OS. The molecule has 2 aromatic rings. The molecule has 0 atom stereocenters. The highest BCUT2D eigenvalue weighted by molar-refractivity contribution is 9.10. The summed E-state index contributed by atoms with van der Waals surface area (Å²) in [4.78, 5) is 4.50. The first-order valence-electron chi connectivity index (χ1n) is 5.79. The Labute approximate surface area is 130 Å². The highest BCUT2D eigenvalue weighted by atomic mass is 79.9. The Hall–Kier alpha value is -1.53. The van der Waals surface area contributed by atoms with Crippen LogP contribution in [0.4, 0.5) is 4.39 Å². The summed E-state index contributed by atoms with van der Waals surface area (Å²) >= 11 is 8.24. The lowest BCUT2D eigenvalue weighted by Gasteiger charge is -2.13. The van der Waals surface area contributed by atoms with Crippen LogP contribution in [0.5, 0.6) is 11.5 Å². The van der Waals surface area contributed by atoms with Crippen LogP contribution in [0.2, 0.25) is 0 Å². The summed E-state index contributed by atoms with van der Waals surface area (Å²) in [6.07, 6.45) is 0. The van der Waals surface area contributed by atoms with E-state index in [1.807, 2.05) is 6.92 Å². The third-order valence-electron chi connectivity index (χ3n) is 2.60. The lowest BCUT2D eigenvalue weighted by atomic mass is 10.1. The van der Waals surface area contributed by atoms with Crippen LogP contribution in [-0.4, -0.2) is 9.97 Å². The summed E-state index contributed by atoms with van der Waals surface area (Å²) in [5.74, 6) is 0.438. The average Bonchev–Trinajstić information content (AvgIpc) is 2.25. The van der Waals surface area contributed by atoms with E-state index in [0.29, 0.717) is 27.2 Å². The van der Waals surface area contributed by atoms with Crippen LogP contribution < -0.4 is 10.5 Å². The Balaban J connectivity index is 2.49. The number of nitrogens with two attached hydrogens (primary N) is 1. The maximum atomic E-state index is 13.4. The van der Waals surface area contributed by atoms with Crippen LogP contribution in [0.25, 0.3) is 0 Å². The summed E-state index contributed by atoms with van der Waals surface area (Å²) in [5.41, 5.74) is 7.72. The van der Waals surface area contributed by atoms with Crippen LogP contribution in [0.1, 0.15) is 17.0 Å². The standard InChI is InChI=1S/C14H12BrFN2OS/c1-7-3-12(13(14(17)20)8(2)18-7)19-11-5-9(15)4-10(16)6-11/h3-6H,1-2H3,(H2,17,20). The first kappa shape index (κ1) is 14.9. The molecule has 2 N–H and O–H groups in total. The molecule has 1 aromatic carbocycles. The van der Waals surface area contributed by atoms with Crippen LogP contribution in [0.3, 0.4) is 0 Å². The second-order valence-corrected chi connectivity index (χ2v) is 5.65. The predicted octanol–water partition coefficient (Wildman–Crippen LogP) is 4.03. The Kier molecular flexibility index (Phi) is 4.35. The van der Waals surface area contributed by atoms with Crippen molar-refractivity contribution in [2.75, 3.05) is 0 Å². The zero-order valence-corrected chi connectivity index (χ0v) is 13.3. The van der Waals surface area contributed by atoms with Gasteiger partial charge in [0, 0.05) is 22.3 Å². The molecule has 0 aliphatic carbocycles. The van der Waals surface area contributed by atoms with Crippen molar-refractivity contribution < 1.29 is 9.13 Å². The van der Waals surface area contributed by atoms with Crippen LogP contribution >= 0.6 is 28.1 Å². The zero-order chi connectivity index (χ0) is 14.9. The van der Waals surface area contributed by atoms with Gasteiger partial charge in [-0.1, -0.05) is 28.1 Å². The number of thiocarbonyl (C=S) groups is 1. The van der Waals surface area contributed by atoms with E-state index in [-0.39, 0.29) is 4.99 Å². The number of aryl methyl sites for hydroxylation is 2. The summed E-state index contributed by atoms with van der Waals surface area (Å²) in [6, 6.07) is 6.03. The zero-order valence-electron chi connectivity index (χ0n) is 10.9. The first-order valence-corrected chi connectivity index (χ1v) is 6.99. The van der Waals surface area contributed by atoms with Gasteiger partial charge in [-0.2, -0.15) is 0 Å². The van der Waals surface area contributed by atoms with Gasteiger partial charge < -0.3 is 10.5 Å². The molecule has 1 aromatic heterocycles. The minimum absolute atomic E-state index is 0.195. The molecule has 0 saturated carbocycles.